The number of methoxy groups -OCH3 is 1. The summed E-state index contributed by atoms with van der Waals surface area (Å²) in [5.41, 5.74) is 2.94. The van der Waals surface area contributed by atoms with Gasteiger partial charge in [0.15, 0.2) is 0 Å². The molecular formula is C26H37N3O3. The van der Waals surface area contributed by atoms with Gasteiger partial charge >= 0.3 is 0 Å². The highest BCUT2D eigenvalue weighted by molar-refractivity contribution is 5.83. The highest BCUT2D eigenvalue weighted by atomic mass is 16.5. The Hall–Kier alpha value is -2.34. The number of hydrogen-bond acceptors (Lipinski definition) is 5. The van der Waals surface area contributed by atoms with E-state index in [-0.39, 0.29) is 5.91 Å². The van der Waals surface area contributed by atoms with Crippen LogP contribution in [0.1, 0.15) is 67.0 Å². The first-order chi connectivity index (χ1) is 15.4. The molecule has 32 heavy (non-hydrogen) atoms. The molecular weight excluding hydrogens is 402 g/mol. The van der Waals surface area contributed by atoms with Crippen molar-refractivity contribution in [2.45, 2.75) is 64.3 Å². The van der Waals surface area contributed by atoms with Gasteiger partial charge in [-0.25, -0.2) is 0 Å². The average Bonchev–Trinajstić information content (AvgIpc) is 3.43. The fourth-order valence-electron chi connectivity index (χ4n) is 5.52. The molecule has 6 heteroatoms. The topological polar surface area (TPSA) is 58.8 Å². The number of benzene rings is 1. The van der Waals surface area contributed by atoms with E-state index in [4.69, 9.17) is 9.26 Å². The minimum Gasteiger partial charge on any atom is -0.496 e. The van der Waals surface area contributed by atoms with E-state index in [9.17, 15) is 4.79 Å². The Kier molecular flexibility index (Phi) is 6.89. The second kappa shape index (κ2) is 9.65. The van der Waals surface area contributed by atoms with Crippen LogP contribution in [0.15, 0.2) is 28.8 Å². The molecule has 1 atom stereocenters. The molecule has 1 aliphatic heterocycles. The third kappa shape index (κ3) is 4.85. The summed E-state index contributed by atoms with van der Waals surface area (Å²) in [6, 6.07) is 8.44. The minimum absolute atomic E-state index is 0.173. The monoisotopic (exact) mass is 439 g/mol. The molecule has 174 valence electrons. The summed E-state index contributed by atoms with van der Waals surface area (Å²) in [7, 11) is 5.42. The first-order valence-corrected chi connectivity index (χ1v) is 11.9. The van der Waals surface area contributed by atoms with Crippen LogP contribution in [0.3, 0.4) is 0 Å². The molecule has 2 aliphatic rings. The standard InChI is InChI=1S/C26H37N3O3/c1-19-10-11-21(24(14-19)31-4)17-29-13-12-26(18-29,25(30)28(2)3)16-22-15-23(27-32-22)20-8-6-5-7-9-20/h10-11,14-15,20H,5-9,12-13,16-18H2,1-4H3/t26-/m0/s1. The van der Waals surface area contributed by atoms with Gasteiger partial charge in [0.05, 0.1) is 18.2 Å². The predicted octanol–water partition coefficient (Wildman–Crippen LogP) is 4.56. The number of nitrogens with zero attached hydrogens (tertiary/aromatic N) is 3. The number of aryl methyl sites for hydroxylation is 1. The number of hydrogen-bond donors (Lipinski definition) is 0. The Morgan fingerprint density at radius 1 is 1.25 bits per heavy atom. The lowest BCUT2D eigenvalue weighted by Crippen LogP contribution is -2.43. The first-order valence-electron chi connectivity index (χ1n) is 11.9. The van der Waals surface area contributed by atoms with Gasteiger partial charge < -0.3 is 14.2 Å². The molecule has 0 spiro atoms. The smallest absolute Gasteiger partial charge is 0.230 e. The third-order valence-corrected chi connectivity index (χ3v) is 7.24. The third-order valence-electron chi connectivity index (χ3n) is 7.24. The number of carbonyl (C=O) groups excluding carboxylic acids is 1. The zero-order valence-electron chi connectivity index (χ0n) is 20.0. The zero-order chi connectivity index (χ0) is 22.7. The number of aromatic nitrogens is 1. The molecule has 2 fully saturated rings. The maximum absolute atomic E-state index is 13.4. The highest BCUT2D eigenvalue weighted by Gasteiger charge is 2.46. The summed E-state index contributed by atoms with van der Waals surface area (Å²) in [4.78, 5) is 17.5. The molecule has 0 radical (unpaired) electrons. The van der Waals surface area contributed by atoms with E-state index in [1.807, 2.05) is 14.1 Å². The lowest BCUT2D eigenvalue weighted by molar-refractivity contribution is -0.139. The maximum Gasteiger partial charge on any atom is 0.230 e. The van der Waals surface area contributed by atoms with E-state index >= 15 is 0 Å². The molecule has 2 heterocycles. The highest BCUT2D eigenvalue weighted by Crippen LogP contribution is 2.39. The number of amides is 1. The van der Waals surface area contributed by atoms with Gasteiger partial charge in [0, 0.05) is 51.2 Å². The predicted molar refractivity (Wildman–Crippen MR) is 125 cm³/mol. The van der Waals surface area contributed by atoms with Gasteiger partial charge in [-0.15, -0.1) is 0 Å². The largest absolute Gasteiger partial charge is 0.496 e. The summed E-state index contributed by atoms with van der Waals surface area (Å²) in [6.07, 6.45) is 7.67. The number of rotatable bonds is 7. The SMILES string of the molecule is COc1cc(C)ccc1CN1CC[C@@](Cc2cc(C3CCCCC3)no2)(C(=O)N(C)C)C1. The van der Waals surface area contributed by atoms with Crippen LogP contribution >= 0.6 is 0 Å². The van der Waals surface area contributed by atoms with Crippen LogP contribution in [-0.4, -0.2) is 55.2 Å². The van der Waals surface area contributed by atoms with Gasteiger partial charge in [-0.1, -0.05) is 36.6 Å². The van der Waals surface area contributed by atoms with Gasteiger partial charge in [0.2, 0.25) is 5.91 Å². The molecule has 1 saturated heterocycles. The van der Waals surface area contributed by atoms with E-state index in [0.29, 0.717) is 18.9 Å². The van der Waals surface area contributed by atoms with E-state index in [2.05, 4.69) is 41.2 Å². The summed E-state index contributed by atoms with van der Waals surface area (Å²) >= 11 is 0. The first kappa shape index (κ1) is 22.8. The van der Waals surface area contributed by atoms with E-state index in [1.54, 1.807) is 12.0 Å². The second-order valence-corrected chi connectivity index (χ2v) is 9.99. The van der Waals surface area contributed by atoms with Crippen molar-refractivity contribution < 1.29 is 14.1 Å². The van der Waals surface area contributed by atoms with Gasteiger partial charge in [-0.2, -0.15) is 0 Å². The Balaban J connectivity index is 1.51. The molecule has 2 aromatic rings. The van der Waals surface area contributed by atoms with Crippen molar-refractivity contribution in [3.05, 3.63) is 46.8 Å². The number of ether oxygens (including phenoxy) is 1. The van der Waals surface area contributed by atoms with Gasteiger partial charge in [-0.3, -0.25) is 9.69 Å². The minimum atomic E-state index is -0.481. The molecule has 6 nitrogen and oxygen atoms in total. The summed E-state index contributed by atoms with van der Waals surface area (Å²) < 4.78 is 11.4. The number of likely N-dealkylation sites (tertiary alicyclic amines) is 1. The lowest BCUT2D eigenvalue weighted by atomic mass is 9.80. The molecule has 1 aromatic heterocycles. The Morgan fingerprint density at radius 3 is 2.75 bits per heavy atom. The number of carbonyl (C=O) groups is 1. The molecule has 1 amide bonds. The van der Waals surface area contributed by atoms with E-state index < -0.39 is 5.41 Å². The van der Waals surface area contributed by atoms with Crippen molar-refractivity contribution in [2.75, 3.05) is 34.3 Å². The fourth-order valence-corrected chi connectivity index (χ4v) is 5.52. The van der Waals surface area contributed by atoms with Crippen molar-refractivity contribution in [3.63, 3.8) is 0 Å². The molecule has 0 N–H and O–H groups in total. The van der Waals surface area contributed by atoms with Crippen molar-refractivity contribution >= 4 is 5.91 Å². The van der Waals surface area contributed by atoms with Gasteiger partial charge in [0.1, 0.15) is 11.5 Å². The second-order valence-electron chi connectivity index (χ2n) is 9.99. The van der Waals surface area contributed by atoms with Gasteiger partial charge in [0.25, 0.3) is 0 Å². The average molecular weight is 440 g/mol. The zero-order valence-corrected chi connectivity index (χ0v) is 20.0. The van der Waals surface area contributed by atoms with Crippen LogP contribution in [0.25, 0.3) is 0 Å². The van der Waals surface area contributed by atoms with Crippen molar-refractivity contribution in [1.82, 2.24) is 15.0 Å². The van der Waals surface area contributed by atoms with Crippen LogP contribution < -0.4 is 4.74 Å². The van der Waals surface area contributed by atoms with Crippen LogP contribution in [0, 0.1) is 12.3 Å². The molecule has 4 rings (SSSR count). The summed E-state index contributed by atoms with van der Waals surface area (Å²) in [6.45, 7) is 4.43. The molecule has 1 aromatic carbocycles. The van der Waals surface area contributed by atoms with Crippen molar-refractivity contribution in [1.29, 1.82) is 0 Å². The van der Waals surface area contributed by atoms with Crippen LogP contribution in [0.2, 0.25) is 0 Å². The quantitative estimate of drug-likeness (QED) is 0.633. The molecule has 0 bridgehead atoms. The Bertz CT molecular complexity index is 932. The normalized spacial score (nSPS) is 22.2. The lowest BCUT2D eigenvalue weighted by Gasteiger charge is -2.30. The van der Waals surface area contributed by atoms with Crippen LogP contribution in [0.5, 0.6) is 5.75 Å². The van der Waals surface area contributed by atoms with E-state index in [1.165, 1.54) is 37.7 Å². The fraction of sp³-hybridized carbons (Fsp3) is 0.615. The Labute approximate surface area is 191 Å². The molecule has 0 unspecified atom stereocenters. The maximum atomic E-state index is 13.4. The van der Waals surface area contributed by atoms with Crippen LogP contribution in [-0.2, 0) is 17.8 Å². The molecule has 1 saturated carbocycles. The van der Waals surface area contributed by atoms with Crippen molar-refractivity contribution in [3.8, 4) is 5.75 Å². The van der Waals surface area contributed by atoms with Crippen LogP contribution in [0.4, 0.5) is 0 Å². The summed E-state index contributed by atoms with van der Waals surface area (Å²) in [5.74, 6) is 2.44. The van der Waals surface area contributed by atoms with Crippen molar-refractivity contribution in [2.24, 2.45) is 5.41 Å². The van der Waals surface area contributed by atoms with E-state index in [0.717, 1.165) is 42.3 Å². The Morgan fingerprint density at radius 2 is 2.03 bits per heavy atom. The summed E-state index contributed by atoms with van der Waals surface area (Å²) in [5, 5.41) is 4.40. The molecule has 1 aliphatic carbocycles. The van der Waals surface area contributed by atoms with Gasteiger partial charge in [-0.05, 0) is 44.4 Å².